The average Bonchev–Trinajstić information content (AvgIpc) is 2.85. The average molecular weight is 247 g/mol. The van der Waals surface area contributed by atoms with E-state index in [1.54, 1.807) is 18.5 Å². The predicted octanol–water partition coefficient (Wildman–Crippen LogP) is 1.84. The molecule has 6 heteroatoms. The zero-order chi connectivity index (χ0) is 12.0. The number of aromatic nitrogens is 2. The second-order valence-electron chi connectivity index (χ2n) is 3.69. The van der Waals surface area contributed by atoms with Crippen molar-refractivity contribution in [2.24, 2.45) is 7.05 Å². The van der Waals surface area contributed by atoms with Gasteiger partial charge in [0.05, 0.1) is 5.52 Å². The molecule has 0 atom stereocenters. The second-order valence-corrected chi connectivity index (χ2v) is 4.55. The maximum atomic E-state index is 11.4. The minimum atomic E-state index is -0.365. The fraction of sp³-hybridized carbons (Fsp3) is 0.0909. The van der Waals surface area contributed by atoms with Crippen LogP contribution in [0.3, 0.4) is 0 Å². The number of hydrogen-bond acceptors (Lipinski definition) is 5. The molecule has 2 N–H and O–H groups in total. The van der Waals surface area contributed by atoms with E-state index in [1.807, 2.05) is 12.1 Å². The van der Waals surface area contributed by atoms with Crippen LogP contribution in [0.4, 0.5) is 5.82 Å². The van der Waals surface area contributed by atoms with Gasteiger partial charge in [-0.2, -0.15) is 0 Å². The number of fused-ring (bicyclic) bond motifs is 1. The third-order valence-corrected chi connectivity index (χ3v) is 3.47. The van der Waals surface area contributed by atoms with Crippen molar-refractivity contribution in [1.29, 1.82) is 0 Å². The molecule has 0 saturated heterocycles. The van der Waals surface area contributed by atoms with E-state index in [4.69, 9.17) is 10.2 Å². The molecule has 17 heavy (non-hydrogen) atoms. The van der Waals surface area contributed by atoms with Gasteiger partial charge in [0.2, 0.25) is 0 Å². The lowest BCUT2D eigenvalue weighted by Gasteiger charge is -1.96. The number of thiazole rings is 1. The van der Waals surface area contributed by atoms with Crippen LogP contribution in [0.1, 0.15) is 0 Å². The van der Waals surface area contributed by atoms with Crippen LogP contribution < -0.4 is 11.5 Å². The molecule has 2 aromatic heterocycles. The lowest BCUT2D eigenvalue weighted by Crippen LogP contribution is -2.08. The zero-order valence-corrected chi connectivity index (χ0v) is 9.82. The Balaban J connectivity index is 2.25. The summed E-state index contributed by atoms with van der Waals surface area (Å²) in [6.45, 7) is 0. The van der Waals surface area contributed by atoms with Crippen molar-refractivity contribution in [2.75, 3.05) is 5.73 Å². The molecule has 0 spiro atoms. The molecular formula is C11H9N3O2S. The third kappa shape index (κ3) is 1.53. The summed E-state index contributed by atoms with van der Waals surface area (Å²) in [5, 5.41) is 2.62. The lowest BCUT2D eigenvalue weighted by molar-refractivity contribution is 0.528. The Bertz CT molecular complexity index is 754. The number of rotatable bonds is 1. The molecule has 86 valence electrons. The maximum absolute atomic E-state index is 11.4. The van der Waals surface area contributed by atoms with E-state index in [0.717, 1.165) is 16.1 Å². The molecule has 3 rings (SSSR count). The SMILES string of the molecule is Cn1c(=O)oc2ccc(-c3nc(N)cs3)cc21. The molecule has 5 nitrogen and oxygen atoms in total. The summed E-state index contributed by atoms with van der Waals surface area (Å²) in [7, 11) is 1.67. The number of anilines is 1. The third-order valence-electron chi connectivity index (χ3n) is 2.56. The fourth-order valence-corrected chi connectivity index (χ4v) is 2.38. The molecule has 0 aliphatic carbocycles. The van der Waals surface area contributed by atoms with Gasteiger partial charge in [0.1, 0.15) is 10.8 Å². The van der Waals surface area contributed by atoms with Gasteiger partial charge >= 0.3 is 5.76 Å². The van der Waals surface area contributed by atoms with Crippen LogP contribution in [0, 0.1) is 0 Å². The van der Waals surface area contributed by atoms with E-state index < -0.39 is 0 Å². The van der Waals surface area contributed by atoms with Crippen LogP contribution in [0.25, 0.3) is 21.7 Å². The number of benzene rings is 1. The second kappa shape index (κ2) is 3.46. The highest BCUT2D eigenvalue weighted by Crippen LogP contribution is 2.27. The maximum Gasteiger partial charge on any atom is 0.419 e. The van der Waals surface area contributed by atoms with Crippen molar-refractivity contribution in [1.82, 2.24) is 9.55 Å². The van der Waals surface area contributed by atoms with E-state index in [2.05, 4.69) is 4.98 Å². The molecule has 3 aromatic rings. The van der Waals surface area contributed by atoms with Crippen molar-refractivity contribution in [3.63, 3.8) is 0 Å². The molecule has 2 heterocycles. The standard InChI is InChI=1S/C11H9N3O2S/c1-14-7-4-6(10-13-9(12)5-17-10)2-3-8(7)16-11(14)15/h2-5H,12H2,1H3. The van der Waals surface area contributed by atoms with Gasteiger partial charge in [-0.15, -0.1) is 11.3 Å². The summed E-state index contributed by atoms with van der Waals surface area (Å²) in [6, 6.07) is 5.51. The van der Waals surface area contributed by atoms with Gasteiger partial charge in [-0.25, -0.2) is 9.78 Å². The molecule has 0 fully saturated rings. The first-order valence-corrected chi connectivity index (χ1v) is 5.84. The van der Waals surface area contributed by atoms with Crippen molar-refractivity contribution in [3.05, 3.63) is 34.1 Å². The zero-order valence-electron chi connectivity index (χ0n) is 9.01. The minimum absolute atomic E-state index is 0.365. The van der Waals surface area contributed by atoms with Gasteiger partial charge in [0, 0.05) is 18.0 Å². The summed E-state index contributed by atoms with van der Waals surface area (Å²) >= 11 is 1.47. The highest BCUT2D eigenvalue weighted by atomic mass is 32.1. The predicted molar refractivity (Wildman–Crippen MR) is 67.0 cm³/mol. The number of oxazole rings is 1. The first kappa shape index (κ1) is 10.1. The number of nitrogens with two attached hydrogens (primary N) is 1. The Labute approximate surface area is 100 Å². The van der Waals surface area contributed by atoms with Crippen molar-refractivity contribution in [3.8, 4) is 10.6 Å². The molecule has 1 aromatic carbocycles. The van der Waals surface area contributed by atoms with E-state index >= 15 is 0 Å². The van der Waals surface area contributed by atoms with Crippen LogP contribution in [0.15, 0.2) is 32.8 Å². The summed E-state index contributed by atoms with van der Waals surface area (Å²) < 4.78 is 6.53. The number of hydrogen-bond donors (Lipinski definition) is 1. The summed E-state index contributed by atoms with van der Waals surface area (Å²) in [5.41, 5.74) is 7.84. The Kier molecular flexibility index (Phi) is 2.05. The highest BCUT2D eigenvalue weighted by Gasteiger charge is 2.09. The van der Waals surface area contributed by atoms with Crippen molar-refractivity contribution >= 4 is 28.3 Å². The normalized spacial score (nSPS) is 11.1. The van der Waals surface area contributed by atoms with E-state index in [-0.39, 0.29) is 5.76 Å². The molecule has 0 unspecified atom stereocenters. The van der Waals surface area contributed by atoms with Gasteiger partial charge < -0.3 is 10.2 Å². The minimum Gasteiger partial charge on any atom is -0.408 e. The molecule has 0 saturated carbocycles. The Morgan fingerprint density at radius 2 is 2.29 bits per heavy atom. The van der Waals surface area contributed by atoms with Gasteiger partial charge in [0.15, 0.2) is 5.58 Å². The van der Waals surface area contributed by atoms with Crippen LogP contribution >= 0.6 is 11.3 Å². The quantitative estimate of drug-likeness (QED) is 0.712. The molecule has 0 radical (unpaired) electrons. The number of nitrogen functional groups attached to an aromatic ring is 1. The van der Waals surface area contributed by atoms with Gasteiger partial charge in [-0.05, 0) is 18.2 Å². The first-order valence-electron chi connectivity index (χ1n) is 4.96. The number of aryl methyl sites for hydroxylation is 1. The number of nitrogens with zero attached hydrogens (tertiary/aromatic N) is 2. The first-order chi connectivity index (χ1) is 8.15. The van der Waals surface area contributed by atoms with E-state index in [9.17, 15) is 4.79 Å². The molecule has 0 amide bonds. The van der Waals surface area contributed by atoms with Crippen LogP contribution in [-0.4, -0.2) is 9.55 Å². The van der Waals surface area contributed by atoms with Crippen molar-refractivity contribution < 1.29 is 4.42 Å². The fourth-order valence-electron chi connectivity index (χ4n) is 1.68. The molecule has 0 aliphatic rings. The highest BCUT2D eigenvalue weighted by molar-refractivity contribution is 7.13. The van der Waals surface area contributed by atoms with E-state index in [1.165, 1.54) is 15.9 Å². The monoisotopic (exact) mass is 247 g/mol. The summed E-state index contributed by atoms with van der Waals surface area (Å²) in [6.07, 6.45) is 0. The smallest absolute Gasteiger partial charge is 0.408 e. The molecule has 0 aliphatic heterocycles. The largest absolute Gasteiger partial charge is 0.419 e. The van der Waals surface area contributed by atoms with Crippen molar-refractivity contribution in [2.45, 2.75) is 0 Å². The summed E-state index contributed by atoms with van der Waals surface area (Å²) in [5.74, 6) is 0.141. The van der Waals surface area contributed by atoms with Crippen LogP contribution in [-0.2, 0) is 7.05 Å². The van der Waals surface area contributed by atoms with Gasteiger partial charge in [-0.3, -0.25) is 4.57 Å². The lowest BCUT2D eigenvalue weighted by atomic mass is 10.2. The molecule has 0 bridgehead atoms. The Morgan fingerprint density at radius 3 is 3.00 bits per heavy atom. The van der Waals surface area contributed by atoms with Gasteiger partial charge in [-0.1, -0.05) is 0 Å². The van der Waals surface area contributed by atoms with Gasteiger partial charge in [0.25, 0.3) is 0 Å². The molecular weight excluding hydrogens is 238 g/mol. The Morgan fingerprint density at radius 1 is 1.47 bits per heavy atom. The Hall–Kier alpha value is -2.08. The van der Waals surface area contributed by atoms with E-state index in [0.29, 0.717) is 11.4 Å². The summed E-state index contributed by atoms with van der Waals surface area (Å²) in [4.78, 5) is 15.6. The topological polar surface area (TPSA) is 74.0 Å². The van der Waals surface area contributed by atoms with Crippen LogP contribution in [0.2, 0.25) is 0 Å². The van der Waals surface area contributed by atoms with Crippen LogP contribution in [0.5, 0.6) is 0 Å².